The second-order valence-electron chi connectivity index (χ2n) is 4.38. The third-order valence-corrected chi connectivity index (χ3v) is 4.03. The van der Waals surface area contributed by atoms with E-state index >= 15 is 0 Å². The molecule has 0 bridgehead atoms. The lowest BCUT2D eigenvalue weighted by Gasteiger charge is -2.26. The van der Waals surface area contributed by atoms with E-state index in [4.69, 9.17) is 0 Å². The summed E-state index contributed by atoms with van der Waals surface area (Å²) in [4.78, 5) is 2.31. The molecular weight excluding hydrogens is 244 g/mol. The fraction of sp³-hybridized carbons (Fsp3) is 0.385. The molecule has 3 rings (SSSR count). The summed E-state index contributed by atoms with van der Waals surface area (Å²) in [5.41, 5.74) is 1.29. The van der Waals surface area contributed by atoms with Crippen LogP contribution >= 0.6 is 11.3 Å². The van der Waals surface area contributed by atoms with E-state index in [1.54, 1.807) is 11.3 Å². The highest BCUT2D eigenvalue weighted by molar-refractivity contribution is 7.15. The van der Waals surface area contributed by atoms with E-state index in [9.17, 15) is 0 Å². The number of piperazine rings is 1. The third-order valence-electron chi connectivity index (χ3n) is 3.04. The molecule has 4 nitrogen and oxygen atoms in total. The zero-order chi connectivity index (χ0) is 12.2. The van der Waals surface area contributed by atoms with Gasteiger partial charge in [-0.3, -0.25) is 0 Å². The highest BCUT2D eigenvalue weighted by Crippen LogP contribution is 2.22. The molecule has 0 saturated carbocycles. The molecule has 2 aromatic rings. The summed E-state index contributed by atoms with van der Waals surface area (Å²) in [5, 5.41) is 14.1. The van der Waals surface area contributed by atoms with Gasteiger partial charge in [0.05, 0.1) is 0 Å². The van der Waals surface area contributed by atoms with Crippen LogP contribution in [0.4, 0.5) is 5.13 Å². The molecule has 1 N–H and O–H groups in total. The van der Waals surface area contributed by atoms with Gasteiger partial charge in [0.1, 0.15) is 5.01 Å². The monoisotopic (exact) mass is 260 g/mol. The molecule has 94 valence electrons. The van der Waals surface area contributed by atoms with Gasteiger partial charge in [-0.1, -0.05) is 41.7 Å². The van der Waals surface area contributed by atoms with Crippen molar-refractivity contribution in [3.63, 3.8) is 0 Å². The molecule has 1 aromatic carbocycles. The van der Waals surface area contributed by atoms with Gasteiger partial charge in [-0.25, -0.2) is 0 Å². The maximum Gasteiger partial charge on any atom is 0.208 e. The molecular formula is C13H16N4S. The van der Waals surface area contributed by atoms with Gasteiger partial charge in [-0.05, 0) is 5.56 Å². The van der Waals surface area contributed by atoms with Gasteiger partial charge in [0.2, 0.25) is 5.13 Å². The summed E-state index contributed by atoms with van der Waals surface area (Å²) < 4.78 is 0. The van der Waals surface area contributed by atoms with Crippen molar-refractivity contribution in [2.24, 2.45) is 0 Å². The zero-order valence-electron chi connectivity index (χ0n) is 10.2. The predicted octanol–water partition coefficient (Wildman–Crippen LogP) is 1.54. The molecule has 0 aliphatic carbocycles. The number of rotatable bonds is 3. The number of nitrogens with zero attached hydrogens (tertiary/aromatic N) is 3. The third kappa shape index (κ3) is 2.68. The number of aromatic nitrogens is 2. The Kier molecular flexibility index (Phi) is 3.52. The quantitative estimate of drug-likeness (QED) is 0.909. The molecule has 0 spiro atoms. The summed E-state index contributed by atoms with van der Waals surface area (Å²) >= 11 is 1.71. The fourth-order valence-corrected chi connectivity index (χ4v) is 3.00. The summed E-state index contributed by atoms with van der Waals surface area (Å²) in [7, 11) is 0. The van der Waals surface area contributed by atoms with Crippen molar-refractivity contribution in [1.82, 2.24) is 15.5 Å². The number of nitrogens with one attached hydrogen (secondary N) is 1. The van der Waals surface area contributed by atoms with E-state index in [0.717, 1.165) is 42.7 Å². The van der Waals surface area contributed by atoms with E-state index in [-0.39, 0.29) is 0 Å². The largest absolute Gasteiger partial charge is 0.344 e. The maximum absolute atomic E-state index is 4.30. The highest BCUT2D eigenvalue weighted by Gasteiger charge is 2.15. The van der Waals surface area contributed by atoms with Crippen LogP contribution in [-0.4, -0.2) is 36.4 Å². The Balaban J connectivity index is 1.69. The minimum Gasteiger partial charge on any atom is -0.344 e. The van der Waals surface area contributed by atoms with Gasteiger partial charge < -0.3 is 10.2 Å². The SMILES string of the molecule is c1ccc(Cc2nnc(N3CCNCC3)s2)cc1. The molecule has 1 aliphatic heterocycles. The maximum atomic E-state index is 4.30. The van der Waals surface area contributed by atoms with Crippen LogP contribution in [0.25, 0.3) is 0 Å². The predicted molar refractivity (Wildman–Crippen MR) is 74.2 cm³/mol. The normalized spacial score (nSPS) is 15.9. The summed E-state index contributed by atoms with van der Waals surface area (Å²) in [6.07, 6.45) is 0.880. The topological polar surface area (TPSA) is 41.1 Å². The van der Waals surface area contributed by atoms with Crippen LogP contribution in [0, 0.1) is 0 Å². The Morgan fingerprint density at radius 3 is 2.67 bits per heavy atom. The van der Waals surface area contributed by atoms with Gasteiger partial charge in [0.25, 0.3) is 0 Å². The molecule has 1 aliphatic rings. The van der Waals surface area contributed by atoms with Crippen molar-refractivity contribution < 1.29 is 0 Å². The van der Waals surface area contributed by atoms with E-state index in [2.05, 4.69) is 44.7 Å². The first kappa shape index (κ1) is 11.6. The fourth-order valence-electron chi connectivity index (χ4n) is 2.07. The highest BCUT2D eigenvalue weighted by atomic mass is 32.1. The average Bonchev–Trinajstić information content (AvgIpc) is 2.89. The van der Waals surface area contributed by atoms with Crippen molar-refractivity contribution >= 4 is 16.5 Å². The van der Waals surface area contributed by atoms with Gasteiger partial charge in [0, 0.05) is 32.6 Å². The number of hydrogen-bond acceptors (Lipinski definition) is 5. The van der Waals surface area contributed by atoms with Crippen LogP contribution in [0.2, 0.25) is 0 Å². The van der Waals surface area contributed by atoms with E-state index in [1.165, 1.54) is 5.56 Å². The Morgan fingerprint density at radius 2 is 1.89 bits per heavy atom. The van der Waals surface area contributed by atoms with E-state index < -0.39 is 0 Å². The minimum atomic E-state index is 0.880. The standard InChI is InChI=1S/C13H16N4S/c1-2-4-11(5-3-1)10-12-15-16-13(18-12)17-8-6-14-7-9-17/h1-5,14H,6-10H2. The van der Waals surface area contributed by atoms with Crippen molar-refractivity contribution in [2.75, 3.05) is 31.1 Å². The van der Waals surface area contributed by atoms with Crippen molar-refractivity contribution in [2.45, 2.75) is 6.42 Å². The molecule has 2 heterocycles. The van der Waals surface area contributed by atoms with Crippen LogP contribution in [0.1, 0.15) is 10.6 Å². The van der Waals surface area contributed by atoms with Crippen LogP contribution in [0.5, 0.6) is 0 Å². The number of anilines is 1. The van der Waals surface area contributed by atoms with Crippen LogP contribution < -0.4 is 10.2 Å². The smallest absolute Gasteiger partial charge is 0.208 e. The lowest BCUT2D eigenvalue weighted by molar-refractivity contribution is 0.587. The molecule has 0 unspecified atom stereocenters. The molecule has 18 heavy (non-hydrogen) atoms. The van der Waals surface area contributed by atoms with Crippen LogP contribution in [-0.2, 0) is 6.42 Å². The van der Waals surface area contributed by atoms with E-state index in [1.807, 2.05) is 6.07 Å². The van der Waals surface area contributed by atoms with Crippen molar-refractivity contribution in [1.29, 1.82) is 0 Å². The second kappa shape index (κ2) is 5.46. The van der Waals surface area contributed by atoms with Crippen LogP contribution in [0.15, 0.2) is 30.3 Å². The first-order valence-corrected chi connectivity index (χ1v) is 7.05. The summed E-state index contributed by atoms with van der Waals surface area (Å²) in [5.74, 6) is 0. The van der Waals surface area contributed by atoms with Gasteiger partial charge in [-0.15, -0.1) is 10.2 Å². The van der Waals surface area contributed by atoms with E-state index in [0.29, 0.717) is 0 Å². The van der Waals surface area contributed by atoms with Gasteiger partial charge in [-0.2, -0.15) is 0 Å². The Hall–Kier alpha value is -1.46. The molecule has 1 saturated heterocycles. The minimum absolute atomic E-state index is 0.880. The average molecular weight is 260 g/mol. The van der Waals surface area contributed by atoms with Crippen molar-refractivity contribution in [3.8, 4) is 0 Å². The Bertz CT molecular complexity index is 491. The molecule has 0 radical (unpaired) electrons. The molecule has 1 fully saturated rings. The first-order valence-electron chi connectivity index (χ1n) is 6.24. The van der Waals surface area contributed by atoms with Crippen molar-refractivity contribution in [3.05, 3.63) is 40.9 Å². The molecule has 5 heteroatoms. The summed E-state index contributed by atoms with van der Waals surface area (Å²) in [6.45, 7) is 4.13. The first-order chi connectivity index (χ1) is 8.92. The Morgan fingerprint density at radius 1 is 1.11 bits per heavy atom. The van der Waals surface area contributed by atoms with Crippen LogP contribution in [0.3, 0.4) is 0 Å². The lowest BCUT2D eigenvalue weighted by atomic mass is 10.2. The second-order valence-corrected chi connectivity index (χ2v) is 5.42. The Labute approximate surface area is 111 Å². The number of hydrogen-bond donors (Lipinski definition) is 1. The number of benzene rings is 1. The molecule has 0 atom stereocenters. The van der Waals surface area contributed by atoms with Gasteiger partial charge in [0.15, 0.2) is 0 Å². The molecule has 0 amide bonds. The molecule has 1 aromatic heterocycles. The summed E-state index contributed by atoms with van der Waals surface area (Å²) in [6, 6.07) is 10.4. The zero-order valence-corrected chi connectivity index (χ0v) is 11.0. The van der Waals surface area contributed by atoms with Gasteiger partial charge >= 0.3 is 0 Å². The lowest BCUT2D eigenvalue weighted by Crippen LogP contribution is -2.43.